The van der Waals surface area contributed by atoms with Gasteiger partial charge in [-0.15, -0.1) is 0 Å². The molecule has 4 rings (SSSR count). The van der Waals surface area contributed by atoms with E-state index in [-0.39, 0.29) is 11.7 Å². The van der Waals surface area contributed by atoms with Crippen LogP contribution in [0, 0.1) is 12.7 Å². The van der Waals surface area contributed by atoms with Gasteiger partial charge in [0.1, 0.15) is 28.3 Å². The van der Waals surface area contributed by atoms with Gasteiger partial charge in [0.2, 0.25) is 5.91 Å². The van der Waals surface area contributed by atoms with E-state index in [0.29, 0.717) is 21.9 Å². The molecule has 0 fully saturated rings. The van der Waals surface area contributed by atoms with Gasteiger partial charge in [0.25, 0.3) is 0 Å². The van der Waals surface area contributed by atoms with Crippen LogP contribution in [0.15, 0.2) is 58.2 Å². The fourth-order valence-corrected chi connectivity index (χ4v) is 3.58. The van der Waals surface area contributed by atoms with E-state index >= 15 is 0 Å². The van der Waals surface area contributed by atoms with Crippen LogP contribution in [0.1, 0.15) is 12.5 Å². The van der Waals surface area contributed by atoms with Crippen molar-refractivity contribution in [2.24, 2.45) is 0 Å². The number of anilines is 1. The molecule has 1 amide bonds. The molecule has 0 saturated carbocycles. The van der Waals surface area contributed by atoms with Crippen LogP contribution in [0.4, 0.5) is 10.1 Å². The number of aryl methyl sites for hydroxylation is 1. The van der Waals surface area contributed by atoms with Crippen molar-refractivity contribution in [2.75, 3.05) is 5.32 Å². The van der Waals surface area contributed by atoms with Gasteiger partial charge in [-0.2, -0.15) is 0 Å². The van der Waals surface area contributed by atoms with Gasteiger partial charge in [-0.1, -0.05) is 30.0 Å². The molecule has 0 aliphatic rings. The quantitative estimate of drug-likeness (QED) is 0.400. The van der Waals surface area contributed by atoms with Crippen LogP contribution in [0.2, 0.25) is 0 Å². The maximum absolute atomic E-state index is 13.7. The lowest BCUT2D eigenvalue weighted by Crippen LogP contribution is -2.22. The zero-order chi connectivity index (χ0) is 19.0. The van der Waals surface area contributed by atoms with E-state index in [0.717, 1.165) is 16.5 Å². The summed E-state index contributed by atoms with van der Waals surface area (Å²) in [5, 5.41) is 3.77. The number of carbonyl (C=O) groups is 1. The SMILES string of the molecule is Cc1ccc(NC(=O)[C@H](C)Sc2ncnc3c2oc2ccccc23)cc1F. The number of halogens is 1. The molecule has 136 valence electrons. The lowest BCUT2D eigenvalue weighted by molar-refractivity contribution is -0.115. The largest absolute Gasteiger partial charge is 0.451 e. The number of aromatic nitrogens is 2. The summed E-state index contributed by atoms with van der Waals surface area (Å²) < 4.78 is 19.6. The van der Waals surface area contributed by atoms with Crippen LogP contribution in [0.5, 0.6) is 0 Å². The normalized spacial score (nSPS) is 12.4. The highest BCUT2D eigenvalue weighted by Crippen LogP contribution is 2.34. The number of para-hydroxylation sites is 1. The number of amides is 1. The molecule has 5 nitrogen and oxygen atoms in total. The lowest BCUT2D eigenvalue weighted by atomic mass is 10.2. The molecule has 2 aromatic heterocycles. The molecular formula is C20H16FN3O2S. The first kappa shape index (κ1) is 17.5. The maximum atomic E-state index is 13.7. The Morgan fingerprint density at radius 3 is 2.85 bits per heavy atom. The second-order valence-electron chi connectivity index (χ2n) is 6.17. The number of benzene rings is 2. The molecule has 0 aliphatic heterocycles. The molecule has 0 aliphatic carbocycles. The highest BCUT2D eigenvalue weighted by atomic mass is 32.2. The Bertz CT molecular complexity index is 1160. The first-order valence-electron chi connectivity index (χ1n) is 8.39. The van der Waals surface area contributed by atoms with E-state index in [1.54, 1.807) is 26.0 Å². The van der Waals surface area contributed by atoms with Gasteiger partial charge in [0.15, 0.2) is 5.58 Å². The van der Waals surface area contributed by atoms with E-state index in [2.05, 4.69) is 15.3 Å². The first-order chi connectivity index (χ1) is 13.0. The Labute approximate surface area is 159 Å². The summed E-state index contributed by atoms with van der Waals surface area (Å²) in [6.45, 7) is 3.44. The Balaban J connectivity index is 1.57. The number of hydrogen-bond acceptors (Lipinski definition) is 5. The second kappa shape index (κ2) is 7.00. The van der Waals surface area contributed by atoms with Crippen molar-refractivity contribution < 1.29 is 13.6 Å². The smallest absolute Gasteiger partial charge is 0.237 e. The summed E-state index contributed by atoms with van der Waals surface area (Å²) in [5.74, 6) is -0.598. The summed E-state index contributed by atoms with van der Waals surface area (Å²) in [4.78, 5) is 21.1. The van der Waals surface area contributed by atoms with Crippen molar-refractivity contribution >= 4 is 45.4 Å². The van der Waals surface area contributed by atoms with Crippen LogP contribution < -0.4 is 5.32 Å². The van der Waals surface area contributed by atoms with Crippen molar-refractivity contribution in [3.8, 4) is 0 Å². The number of fused-ring (bicyclic) bond motifs is 3. The molecular weight excluding hydrogens is 365 g/mol. The number of furan rings is 1. The second-order valence-corrected chi connectivity index (χ2v) is 7.50. The number of rotatable bonds is 4. The van der Waals surface area contributed by atoms with Crippen molar-refractivity contribution in [2.45, 2.75) is 24.1 Å². The van der Waals surface area contributed by atoms with Gasteiger partial charge in [-0.25, -0.2) is 14.4 Å². The zero-order valence-electron chi connectivity index (χ0n) is 14.7. The molecule has 0 bridgehead atoms. The van der Waals surface area contributed by atoms with E-state index in [1.807, 2.05) is 24.3 Å². The summed E-state index contributed by atoms with van der Waals surface area (Å²) in [7, 11) is 0. The molecule has 0 spiro atoms. The standard InChI is InChI=1S/C20H16FN3O2S/c1-11-7-8-13(9-15(11)21)24-19(25)12(2)27-20-18-17(22-10-23-20)14-5-3-4-6-16(14)26-18/h3-10,12H,1-2H3,(H,24,25)/t12-/m0/s1. The molecule has 4 aromatic rings. The van der Waals surface area contributed by atoms with E-state index in [1.165, 1.54) is 24.2 Å². The Hall–Kier alpha value is -2.93. The minimum absolute atomic E-state index is 0.244. The van der Waals surface area contributed by atoms with Gasteiger partial charge >= 0.3 is 0 Å². The Morgan fingerprint density at radius 2 is 2.04 bits per heavy atom. The Morgan fingerprint density at radius 1 is 1.22 bits per heavy atom. The molecule has 0 radical (unpaired) electrons. The fourth-order valence-electron chi connectivity index (χ4n) is 2.72. The summed E-state index contributed by atoms with van der Waals surface area (Å²) in [6, 6.07) is 12.2. The summed E-state index contributed by atoms with van der Waals surface area (Å²) >= 11 is 1.27. The monoisotopic (exact) mass is 381 g/mol. The number of nitrogens with one attached hydrogen (secondary N) is 1. The van der Waals surface area contributed by atoms with Gasteiger partial charge in [-0.3, -0.25) is 4.79 Å². The average molecular weight is 381 g/mol. The predicted molar refractivity (Wildman–Crippen MR) is 104 cm³/mol. The van der Waals surface area contributed by atoms with Crippen LogP contribution >= 0.6 is 11.8 Å². The number of nitrogens with zero attached hydrogens (tertiary/aromatic N) is 2. The van der Waals surface area contributed by atoms with Crippen molar-refractivity contribution in [3.05, 3.63) is 60.2 Å². The molecule has 1 N–H and O–H groups in total. The van der Waals surface area contributed by atoms with Crippen molar-refractivity contribution in [1.82, 2.24) is 9.97 Å². The number of carbonyl (C=O) groups excluding carboxylic acids is 1. The van der Waals surface area contributed by atoms with E-state index in [4.69, 9.17) is 4.42 Å². The topological polar surface area (TPSA) is 68.0 Å². The zero-order valence-corrected chi connectivity index (χ0v) is 15.5. The van der Waals surface area contributed by atoms with Crippen LogP contribution in [-0.4, -0.2) is 21.1 Å². The maximum Gasteiger partial charge on any atom is 0.237 e. The lowest BCUT2D eigenvalue weighted by Gasteiger charge is -2.12. The van der Waals surface area contributed by atoms with Gasteiger partial charge in [0, 0.05) is 11.1 Å². The molecule has 7 heteroatoms. The number of hydrogen-bond donors (Lipinski definition) is 1. The summed E-state index contributed by atoms with van der Waals surface area (Å²) in [6.07, 6.45) is 1.46. The van der Waals surface area contributed by atoms with Gasteiger partial charge in [0.05, 0.1) is 5.25 Å². The molecule has 2 heterocycles. The minimum atomic E-state index is -0.458. The summed E-state index contributed by atoms with van der Waals surface area (Å²) in [5.41, 5.74) is 2.96. The van der Waals surface area contributed by atoms with Crippen LogP contribution in [-0.2, 0) is 4.79 Å². The fraction of sp³-hybridized carbons (Fsp3) is 0.150. The van der Waals surface area contributed by atoms with Gasteiger partial charge in [-0.05, 0) is 43.7 Å². The van der Waals surface area contributed by atoms with Gasteiger partial charge < -0.3 is 9.73 Å². The first-order valence-corrected chi connectivity index (χ1v) is 9.27. The predicted octanol–water partition coefficient (Wildman–Crippen LogP) is 4.94. The molecule has 0 saturated heterocycles. The third-order valence-electron chi connectivity index (χ3n) is 4.22. The van der Waals surface area contributed by atoms with Crippen LogP contribution in [0.3, 0.4) is 0 Å². The Kier molecular flexibility index (Phi) is 4.53. The molecule has 0 unspecified atom stereocenters. The van der Waals surface area contributed by atoms with Crippen LogP contribution in [0.25, 0.3) is 22.1 Å². The average Bonchev–Trinajstić information content (AvgIpc) is 3.04. The number of thioether (sulfide) groups is 1. The molecule has 2 aromatic carbocycles. The van der Waals surface area contributed by atoms with E-state index < -0.39 is 5.25 Å². The molecule has 1 atom stereocenters. The molecule has 27 heavy (non-hydrogen) atoms. The highest BCUT2D eigenvalue weighted by molar-refractivity contribution is 8.00. The van der Waals surface area contributed by atoms with E-state index in [9.17, 15) is 9.18 Å². The highest BCUT2D eigenvalue weighted by Gasteiger charge is 2.20. The van der Waals surface area contributed by atoms with Crippen molar-refractivity contribution in [1.29, 1.82) is 0 Å². The minimum Gasteiger partial charge on any atom is -0.451 e. The third-order valence-corrected chi connectivity index (χ3v) is 5.30. The van der Waals surface area contributed by atoms with Crippen molar-refractivity contribution in [3.63, 3.8) is 0 Å². The third kappa shape index (κ3) is 3.38.